The largest absolute Gasteiger partial charge is 0.508 e. The molecule has 1 aromatic carbocycles. The Bertz CT molecular complexity index is 715. The smallest absolute Gasteiger partial charge is 0.159 e. The van der Waals surface area contributed by atoms with Crippen LogP contribution in [0.4, 0.5) is 0 Å². The van der Waals surface area contributed by atoms with Gasteiger partial charge in [0.15, 0.2) is 5.78 Å². The van der Waals surface area contributed by atoms with Gasteiger partial charge in [0.25, 0.3) is 0 Å². The third kappa shape index (κ3) is 6.08. The van der Waals surface area contributed by atoms with Crippen LogP contribution < -0.4 is 5.32 Å². The lowest BCUT2D eigenvalue weighted by Gasteiger charge is -2.35. The number of nitrogens with zero attached hydrogens (tertiary/aromatic N) is 1. The lowest BCUT2D eigenvalue weighted by molar-refractivity contribution is -0.116. The molecule has 0 spiro atoms. The molecular weight excluding hydrogens is 360 g/mol. The van der Waals surface area contributed by atoms with Crippen molar-refractivity contribution in [3.63, 3.8) is 0 Å². The molecule has 2 N–H and O–H groups in total. The third-order valence-corrected chi connectivity index (χ3v) is 6.65. The van der Waals surface area contributed by atoms with Crippen molar-refractivity contribution < 1.29 is 9.90 Å². The highest BCUT2D eigenvalue weighted by atomic mass is 16.3. The van der Waals surface area contributed by atoms with Crippen LogP contribution in [0.15, 0.2) is 30.5 Å². The topological polar surface area (TPSA) is 52.6 Å². The number of fused-ring (bicyclic) bond motifs is 1. The van der Waals surface area contributed by atoms with E-state index in [-0.39, 0.29) is 11.3 Å². The fraction of sp³-hybridized carbons (Fsp3) is 0.640. The Balaban J connectivity index is 1.40. The van der Waals surface area contributed by atoms with E-state index in [9.17, 15) is 9.90 Å². The quantitative estimate of drug-likeness (QED) is 0.559. The molecular formula is C25H38N2O2. The molecule has 1 aromatic rings. The van der Waals surface area contributed by atoms with E-state index < -0.39 is 0 Å². The first-order valence-electron chi connectivity index (χ1n) is 11.5. The summed E-state index contributed by atoms with van der Waals surface area (Å²) in [6.07, 6.45) is 14.4. The number of nitrogens with one attached hydrogen (secondary N) is 1. The summed E-state index contributed by atoms with van der Waals surface area (Å²) in [5.74, 6) is 0.713. The zero-order chi connectivity index (χ0) is 20.7. The van der Waals surface area contributed by atoms with Gasteiger partial charge in [-0.25, -0.2) is 0 Å². The Hall–Kier alpha value is -1.81. The maximum absolute atomic E-state index is 11.7. The molecule has 2 atom stereocenters. The molecule has 0 fully saturated rings. The van der Waals surface area contributed by atoms with E-state index in [4.69, 9.17) is 0 Å². The Morgan fingerprint density at radius 1 is 1.21 bits per heavy atom. The maximum Gasteiger partial charge on any atom is 0.159 e. The summed E-state index contributed by atoms with van der Waals surface area (Å²) in [5.41, 5.74) is 2.44. The molecule has 0 aromatic heterocycles. The van der Waals surface area contributed by atoms with Gasteiger partial charge in [0.05, 0.1) is 0 Å². The zero-order valence-electron chi connectivity index (χ0n) is 18.3. The van der Waals surface area contributed by atoms with Crippen LogP contribution in [0, 0.1) is 0 Å². The predicted octanol–water partition coefficient (Wildman–Crippen LogP) is 4.75. The van der Waals surface area contributed by atoms with Crippen LogP contribution in [-0.2, 0) is 17.6 Å². The Morgan fingerprint density at radius 3 is 2.83 bits per heavy atom. The van der Waals surface area contributed by atoms with Gasteiger partial charge < -0.3 is 15.3 Å². The lowest BCUT2D eigenvalue weighted by atomic mass is 9.86. The molecule has 1 heterocycles. The summed E-state index contributed by atoms with van der Waals surface area (Å²) >= 11 is 0. The van der Waals surface area contributed by atoms with E-state index in [2.05, 4.69) is 30.1 Å². The molecule has 0 saturated carbocycles. The number of carbonyl (C=O) groups is 1. The average molecular weight is 399 g/mol. The number of aromatic hydroxyl groups is 1. The van der Waals surface area contributed by atoms with Crippen molar-refractivity contribution in [3.8, 4) is 5.75 Å². The first-order chi connectivity index (χ1) is 14.0. The van der Waals surface area contributed by atoms with Crippen LogP contribution in [-0.4, -0.2) is 40.5 Å². The second-order valence-corrected chi connectivity index (χ2v) is 9.19. The van der Waals surface area contributed by atoms with Crippen LogP contribution >= 0.6 is 0 Å². The van der Waals surface area contributed by atoms with Gasteiger partial charge in [-0.15, -0.1) is 0 Å². The zero-order valence-corrected chi connectivity index (χ0v) is 18.3. The summed E-state index contributed by atoms with van der Waals surface area (Å²) in [6.45, 7) is 6.76. The Labute approximate surface area is 176 Å². The molecule has 0 radical (unpaired) electrons. The van der Waals surface area contributed by atoms with Gasteiger partial charge in [0, 0.05) is 24.2 Å². The van der Waals surface area contributed by atoms with Crippen molar-refractivity contribution in [1.29, 1.82) is 0 Å². The summed E-state index contributed by atoms with van der Waals surface area (Å²) in [5, 5.41) is 13.5. The fourth-order valence-corrected chi connectivity index (χ4v) is 5.02. The van der Waals surface area contributed by atoms with Crippen molar-refractivity contribution in [3.05, 3.63) is 41.6 Å². The molecule has 0 bridgehead atoms. The minimum atomic E-state index is -0.0544. The van der Waals surface area contributed by atoms with Gasteiger partial charge in [0.1, 0.15) is 5.75 Å². The second-order valence-electron chi connectivity index (χ2n) is 9.19. The summed E-state index contributed by atoms with van der Waals surface area (Å²) in [6, 6.07) is 6.59. The first-order valence-corrected chi connectivity index (χ1v) is 11.5. The molecule has 160 valence electrons. The number of phenols is 1. The molecule has 4 nitrogen and oxygen atoms in total. The van der Waals surface area contributed by atoms with Gasteiger partial charge in [0.2, 0.25) is 0 Å². The summed E-state index contributed by atoms with van der Waals surface area (Å²) < 4.78 is 0. The fourth-order valence-electron chi connectivity index (χ4n) is 5.02. The number of hydrogen-bond donors (Lipinski definition) is 2. The van der Waals surface area contributed by atoms with Crippen molar-refractivity contribution in [2.24, 2.45) is 0 Å². The predicted molar refractivity (Wildman–Crippen MR) is 119 cm³/mol. The third-order valence-electron chi connectivity index (χ3n) is 6.65. The molecule has 29 heavy (non-hydrogen) atoms. The molecule has 1 aliphatic carbocycles. The van der Waals surface area contributed by atoms with E-state index >= 15 is 0 Å². The first kappa shape index (κ1) is 21.9. The molecule has 2 unspecified atom stereocenters. The average Bonchev–Trinajstić information content (AvgIpc) is 2.69. The van der Waals surface area contributed by atoms with Gasteiger partial charge in [-0.3, -0.25) is 4.79 Å². The van der Waals surface area contributed by atoms with Gasteiger partial charge in [-0.05, 0) is 81.8 Å². The SMILES string of the molecule is CCCN(CCCCCCC1(C)CC(=O)C=CN1)C1CCc2c(O)cccc2C1. The highest BCUT2D eigenvalue weighted by molar-refractivity contribution is 5.91. The summed E-state index contributed by atoms with van der Waals surface area (Å²) in [7, 11) is 0. The highest BCUT2D eigenvalue weighted by Gasteiger charge is 2.27. The highest BCUT2D eigenvalue weighted by Crippen LogP contribution is 2.31. The summed E-state index contributed by atoms with van der Waals surface area (Å²) in [4.78, 5) is 14.3. The molecule has 3 rings (SSSR count). The number of rotatable bonds is 10. The number of ketones is 1. The van der Waals surface area contributed by atoms with Crippen molar-refractivity contribution in [2.75, 3.05) is 13.1 Å². The monoisotopic (exact) mass is 398 g/mol. The standard InChI is InChI=1S/C25H38N2O2/c1-3-16-27(21-11-12-23-20(18-21)9-8-10-24(23)29)17-7-5-4-6-14-25(2)19-22(28)13-15-26-25/h8-10,13,15,21,26,29H,3-7,11-12,14,16-19H2,1-2H3. The van der Waals surface area contributed by atoms with E-state index in [1.165, 1.54) is 49.8 Å². The van der Waals surface area contributed by atoms with Crippen LogP contribution in [0.5, 0.6) is 5.75 Å². The van der Waals surface area contributed by atoms with Crippen molar-refractivity contribution >= 4 is 5.78 Å². The van der Waals surface area contributed by atoms with Gasteiger partial charge >= 0.3 is 0 Å². The Morgan fingerprint density at radius 2 is 2.03 bits per heavy atom. The van der Waals surface area contributed by atoms with Crippen molar-refractivity contribution in [2.45, 2.75) is 89.6 Å². The van der Waals surface area contributed by atoms with Crippen LogP contribution in [0.25, 0.3) is 0 Å². The number of phenolic OH excluding ortho intramolecular Hbond substituents is 1. The maximum atomic E-state index is 11.7. The number of unbranched alkanes of at least 4 members (excludes halogenated alkanes) is 3. The molecule has 4 heteroatoms. The van der Waals surface area contributed by atoms with Crippen LogP contribution in [0.1, 0.15) is 76.3 Å². The number of allylic oxidation sites excluding steroid dienone is 1. The number of benzene rings is 1. The molecule has 0 saturated heterocycles. The second kappa shape index (κ2) is 10.3. The molecule has 0 amide bonds. The minimum absolute atomic E-state index is 0.0544. The minimum Gasteiger partial charge on any atom is -0.508 e. The molecule has 1 aliphatic heterocycles. The number of hydrogen-bond acceptors (Lipinski definition) is 4. The van der Waals surface area contributed by atoms with Crippen LogP contribution in [0.3, 0.4) is 0 Å². The van der Waals surface area contributed by atoms with Crippen molar-refractivity contribution in [1.82, 2.24) is 10.2 Å². The molecule has 2 aliphatic rings. The normalized spacial score (nSPS) is 23.8. The lowest BCUT2D eigenvalue weighted by Crippen LogP contribution is -2.43. The van der Waals surface area contributed by atoms with Gasteiger partial charge in [-0.1, -0.05) is 38.3 Å². The van der Waals surface area contributed by atoms with E-state index in [1.54, 1.807) is 6.08 Å². The van der Waals surface area contributed by atoms with E-state index in [1.807, 2.05) is 18.3 Å². The van der Waals surface area contributed by atoms with Gasteiger partial charge in [-0.2, -0.15) is 0 Å². The number of carbonyl (C=O) groups excluding carboxylic acids is 1. The van der Waals surface area contributed by atoms with Crippen LogP contribution in [0.2, 0.25) is 0 Å². The van der Waals surface area contributed by atoms with E-state index in [0.717, 1.165) is 32.2 Å². The Kier molecular flexibility index (Phi) is 7.77. The van der Waals surface area contributed by atoms with E-state index in [0.29, 0.717) is 18.2 Å².